The van der Waals surface area contributed by atoms with E-state index < -0.39 is 6.36 Å². The molecule has 5 rings (SSSR count). The maximum atomic E-state index is 12.4. The monoisotopic (exact) mass is 450 g/mol. The SMILES string of the molecule is FC(F)(F)Oc1ccc(-c2ccc3c(c2)CN(Cc2cc(-c4ccccn4)on2)N=C3)cc1. The first kappa shape index (κ1) is 20.7. The number of hydrazone groups is 1. The maximum Gasteiger partial charge on any atom is 0.573 e. The van der Waals surface area contributed by atoms with Crippen LogP contribution in [0.25, 0.3) is 22.6 Å². The Labute approximate surface area is 186 Å². The lowest BCUT2D eigenvalue weighted by Gasteiger charge is -2.23. The van der Waals surface area contributed by atoms with Crippen LogP contribution in [0, 0.1) is 0 Å². The average molecular weight is 450 g/mol. The first-order valence-corrected chi connectivity index (χ1v) is 10.1. The normalized spacial score (nSPS) is 13.1. The molecule has 33 heavy (non-hydrogen) atoms. The van der Waals surface area contributed by atoms with Crippen molar-refractivity contribution in [3.8, 4) is 28.3 Å². The second-order valence-corrected chi connectivity index (χ2v) is 7.45. The molecular formula is C24H17F3N4O2. The minimum atomic E-state index is -4.71. The van der Waals surface area contributed by atoms with Crippen molar-refractivity contribution >= 4 is 6.21 Å². The largest absolute Gasteiger partial charge is 0.573 e. The third kappa shape index (κ3) is 4.87. The van der Waals surface area contributed by atoms with Crippen molar-refractivity contribution in [1.29, 1.82) is 0 Å². The van der Waals surface area contributed by atoms with E-state index in [0.717, 1.165) is 27.9 Å². The lowest BCUT2D eigenvalue weighted by Crippen LogP contribution is -2.21. The quantitative estimate of drug-likeness (QED) is 0.393. The molecule has 0 fully saturated rings. The Morgan fingerprint density at radius 2 is 1.79 bits per heavy atom. The summed E-state index contributed by atoms with van der Waals surface area (Å²) in [6, 6.07) is 19.1. The van der Waals surface area contributed by atoms with Crippen LogP contribution in [0.4, 0.5) is 13.2 Å². The molecule has 3 heterocycles. The van der Waals surface area contributed by atoms with Crippen LogP contribution in [0.3, 0.4) is 0 Å². The number of fused-ring (bicyclic) bond motifs is 1. The van der Waals surface area contributed by atoms with Crippen LogP contribution in [0.15, 0.2) is 82.6 Å². The van der Waals surface area contributed by atoms with E-state index in [1.54, 1.807) is 24.5 Å². The Balaban J connectivity index is 1.29. The number of nitrogens with zero attached hydrogens (tertiary/aromatic N) is 4. The van der Waals surface area contributed by atoms with Gasteiger partial charge in [-0.05, 0) is 52.6 Å². The van der Waals surface area contributed by atoms with E-state index in [-0.39, 0.29) is 5.75 Å². The number of pyridine rings is 1. The van der Waals surface area contributed by atoms with Gasteiger partial charge in [0, 0.05) is 12.3 Å². The smallest absolute Gasteiger partial charge is 0.406 e. The van der Waals surface area contributed by atoms with E-state index in [9.17, 15) is 13.2 Å². The van der Waals surface area contributed by atoms with E-state index in [2.05, 4.69) is 20.0 Å². The Morgan fingerprint density at radius 3 is 2.55 bits per heavy atom. The zero-order chi connectivity index (χ0) is 22.8. The maximum absolute atomic E-state index is 12.4. The van der Waals surface area contributed by atoms with Gasteiger partial charge in [-0.2, -0.15) is 5.10 Å². The zero-order valence-corrected chi connectivity index (χ0v) is 17.2. The van der Waals surface area contributed by atoms with Crippen molar-refractivity contribution in [2.24, 2.45) is 5.10 Å². The molecule has 0 N–H and O–H groups in total. The highest BCUT2D eigenvalue weighted by Gasteiger charge is 2.31. The molecule has 0 bridgehead atoms. The van der Waals surface area contributed by atoms with Gasteiger partial charge in [0.05, 0.1) is 19.3 Å². The molecule has 0 aliphatic carbocycles. The standard InChI is InChI=1S/C24H17F3N4O2/c25-24(26,27)32-21-8-6-16(7-9-21)17-4-5-18-13-29-31(14-19(18)11-17)15-20-12-23(33-30-20)22-3-1-2-10-28-22/h1-13H,14-15H2. The summed E-state index contributed by atoms with van der Waals surface area (Å²) < 4.78 is 46.5. The van der Waals surface area contributed by atoms with Crippen molar-refractivity contribution in [2.75, 3.05) is 0 Å². The molecule has 0 spiro atoms. The molecule has 0 saturated carbocycles. The van der Waals surface area contributed by atoms with Crippen molar-refractivity contribution < 1.29 is 22.4 Å². The van der Waals surface area contributed by atoms with Gasteiger partial charge in [-0.25, -0.2) is 0 Å². The minimum Gasteiger partial charge on any atom is -0.406 e. The molecule has 0 radical (unpaired) electrons. The molecule has 166 valence electrons. The third-order valence-corrected chi connectivity index (χ3v) is 5.10. The fourth-order valence-electron chi connectivity index (χ4n) is 3.58. The summed E-state index contributed by atoms with van der Waals surface area (Å²) in [5.41, 5.74) is 5.15. The Kier molecular flexibility index (Phi) is 5.29. The number of benzene rings is 2. The summed E-state index contributed by atoms with van der Waals surface area (Å²) in [6.07, 6.45) is -1.24. The average Bonchev–Trinajstić information content (AvgIpc) is 3.27. The van der Waals surface area contributed by atoms with Crippen LogP contribution < -0.4 is 4.74 Å². The number of hydrogen-bond acceptors (Lipinski definition) is 6. The van der Waals surface area contributed by atoms with E-state index in [4.69, 9.17) is 4.52 Å². The molecule has 0 atom stereocenters. The van der Waals surface area contributed by atoms with Gasteiger partial charge in [0.2, 0.25) is 0 Å². The van der Waals surface area contributed by atoms with Gasteiger partial charge in [-0.1, -0.05) is 35.5 Å². The summed E-state index contributed by atoms with van der Waals surface area (Å²) in [6.45, 7) is 1.01. The first-order valence-electron chi connectivity index (χ1n) is 10.1. The fourth-order valence-corrected chi connectivity index (χ4v) is 3.58. The van der Waals surface area contributed by atoms with Crippen molar-refractivity contribution in [2.45, 2.75) is 19.5 Å². The predicted molar refractivity (Wildman–Crippen MR) is 115 cm³/mol. The third-order valence-electron chi connectivity index (χ3n) is 5.10. The summed E-state index contributed by atoms with van der Waals surface area (Å²) in [5, 5.41) is 10.5. The highest BCUT2D eigenvalue weighted by atomic mass is 19.4. The summed E-state index contributed by atoms with van der Waals surface area (Å²) in [4.78, 5) is 4.26. The van der Waals surface area contributed by atoms with Crippen LogP contribution in [0.2, 0.25) is 0 Å². The van der Waals surface area contributed by atoms with E-state index in [1.165, 1.54) is 12.1 Å². The number of halogens is 3. The van der Waals surface area contributed by atoms with Crippen LogP contribution in [-0.4, -0.2) is 27.7 Å². The summed E-state index contributed by atoms with van der Waals surface area (Å²) in [7, 11) is 0. The molecule has 6 nitrogen and oxygen atoms in total. The lowest BCUT2D eigenvalue weighted by molar-refractivity contribution is -0.274. The molecule has 0 unspecified atom stereocenters. The van der Waals surface area contributed by atoms with Crippen molar-refractivity contribution in [1.82, 2.24) is 15.1 Å². The Hall–Kier alpha value is -4.14. The van der Waals surface area contributed by atoms with E-state index in [0.29, 0.717) is 24.5 Å². The number of rotatable bonds is 5. The molecule has 2 aromatic heterocycles. The molecule has 0 amide bonds. The zero-order valence-electron chi connectivity index (χ0n) is 17.2. The second-order valence-electron chi connectivity index (χ2n) is 7.45. The summed E-state index contributed by atoms with van der Waals surface area (Å²) in [5.74, 6) is 0.340. The molecular weight excluding hydrogens is 433 g/mol. The fraction of sp³-hybridized carbons (Fsp3) is 0.125. The molecule has 2 aromatic carbocycles. The molecule has 9 heteroatoms. The predicted octanol–water partition coefficient (Wildman–Crippen LogP) is 5.65. The van der Waals surface area contributed by atoms with Gasteiger partial charge in [-0.3, -0.25) is 9.99 Å². The molecule has 1 aliphatic rings. The number of aromatic nitrogens is 2. The van der Waals surface area contributed by atoms with Crippen LogP contribution in [0.5, 0.6) is 5.75 Å². The number of alkyl halides is 3. The highest BCUT2D eigenvalue weighted by molar-refractivity contribution is 5.84. The van der Waals surface area contributed by atoms with Gasteiger partial charge in [0.1, 0.15) is 17.1 Å². The second kappa shape index (κ2) is 8.42. The summed E-state index contributed by atoms with van der Waals surface area (Å²) >= 11 is 0. The topological polar surface area (TPSA) is 63.8 Å². The molecule has 1 aliphatic heterocycles. The van der Waals surface area contributed by atoms with Crippen molar-refractivity contribution in [3.63, 3.8) is 0 Å². The molecule has 4 aromatic rings. The van der Waals surface area contributed by atoms with E-state index >= 15 is 0 Å². The van der Waals surface area contributed by atoms with Gasteiger partial charge in [-0.15, -0.1) is 13.2 Å². The van der Waals surface area contributed by atoms with Crippen LogP contribution >= 0.6 is 0 Å². The van der Waals surface area contributed by atoms with Gasteiger partial charge >= 0.3 is 6.36 Å². The number of hydrogen-bond donors (Lipinski definition) is 0. The minimum absolute atomic E-state index is 0.250. The Bertz CT molecular complexity index is 1290. The van der Waals surface area contributed by atoms with Gasteiger partial charge in [0.25, 0.3) is 0 Å². The number of ether oxygens (including phenoxy) is 1. The highest BCUT2D eigenvalue weighted by Crippen LogP contribution is 2.29. The van der Waals surface area contributed by atoms with Crippen LogP contribution in [0.1, 0.15) is 16.8 Å². The first-order chi connectivity index (χ1) is 15.9. The van der Waals surface area contributed by atoms with Gasteiger partial charge < -0.3 is 9.26 Å². The van der Waals surface area contributed by atoms with Gasteiger partial charge in [0.15, 0.2) is 5.76 Å². The molecule has 0 saturated heterocycles. The van der Waals surface area contributed by atoms with E-state index in [1.807, 2.05) is 47.5 Å². The van der Waals surface area contributed by atoms with Crippen LogP contribution in [-0.2, 0) is 13.1 Å². The lowest BCUT2D eigenvalue weighted by atomic mass is 9.98. The Morgan fingerprint density at radius 1 is 0.970 bits per heavy atom. The van der Waals surface area contributed by atoms with Crippen molar-refractivity contribution in [3.05, 3.63) is 89.7 Å².